The van der Waals surface area contributed by atoms with Crippen LogP contribution in [0, 0.1) is 12.3 Å². The van der Waals surface area contributed by atoms with E-state index in [1.54, 1.807) is 4.90 Å². The molecular formula is C19H24N2O4. The second-order valence-electron chi connectivity index (χ2n) is 6.93. The number of amides is 1. The largest absolute Gasteiger partial charge is 0.481 e. The number of nitrogens with zero attached hydrogens (tertiary/aromatic N) is 1. The summed E-state index contributed by atoms with van der Waals surface area (Å²) in [5.41, 5.74) is 2.13. The summed E-state index contributed by atoms with van der Waals surface area (Å²) < 4.78 is 5.13. The first-order valence-electron chi connectivity index (χ1n) is 8.52. The van der Waals surface area contributed by atoms with Gasteiger partial charge in [-0.2, -0.15) is 0 Å². The molecular weight excluding hydrogens is 320 g/mol. The average Bonchev–Trinajstić information content (AvgIpc) is 2.99. The molecule has 134 valence electrons. The Labute approximate surface area is 146 Å². The van der Waals surface area contributed by atoms with Crippen LogP contribution in [0.2, 0.25) is 0 Å². The van der Waals surface area contributed by atoms with Crippen molar-refractivity contribution in [2.75, 3.05) is 26.8 Å². The summed E-state index contributed by atoms with van der Waals surface area (Å²) in [4.78, 5) is 29.4. The van der Waals surface area contributed by atoms with Gasteiger partial charge in [-0.25, -0.2) is 0 Å². The lowest BCUT2D eigenvalue weighted by atomic mass is 9.80. The van der Waals surface area contributed by atoms with Crippen LogP contribution in [0.15, 0.2) is 24.4 Å². The molecule has 1 atom stereocenters. The fourth-order valence-electron chi connectivity index (χ4n) is 3.76. The SMILES string of the molecule is COCC1(C(=O)O)CCCN(C(=O)Cc2c[nH]c3c(C)cccc23)C1. The van der Waals surface area contributed by atoms with Gasteiger partial charge in [0.05, 0.1) is 13.0 Å². The van der Waals surface area contributed by atoms with Crippen LogP contribution in [-0.2, 0) is 20.7 Å². The number of carbonyl (C=O) groups is 2. The number of aryl methyl sites for hydroxylation is 1. The molecule has 6 heteroatoms. The Morgan fingerprint density at radius 1 is 1.40 bits per heavy atom. The zero-order valence-electron chi connectivity index (χ0n) is 14.7. The van der Waals surface area contributed by atoms with Crippen molar-refractivity contribution in [1.82, 2.24) is 9.88 Å². The molecule has 1 fully saturated rings. The Balaban J connectivity index is 1.78. The summed E-state index contributed by atoms with van der Waals surface area (Å²) in [6.07, 6.45) is 3.35. The van der Waals surface area contributed by atoms with Gasteiger partial charge in [0.25, 0.3) is 0 Å². The number of para-hydroxylation sites is 1. The van der Waals surface area contributed by atoms with Gasteiger partial charge >= 0.3 is 5.97 Å². The highest BCUT2D eigenvalue weighted by Crippen LogP contribution is 2.31. The molecule has 25 heavy (non-hydrogen) atoms. The van der Waals surface area contributed by atoms with E-state index in [9.17, 15) is 14.7 Å². The van der Waals surface area contributed by atoms with Crippen LogP contribution in [0.1, 0.15) is 24.0 Å². The molecule has 2 aromatic rings. The van der Waals surface area contributed by atoms with E-state index < -0.39 is 11.4 Å². The van der Waals surface area contributed by atoms with Crippen LogP contribution in [0.4, 0.5) is 0 Å². The van der Waals surface area contributed by atoms with E-state index in [1.165, 1.54) is 7.11 Å². The molecule has 0 aliphatic carbocycles. The maximum atomic E-state index is 12.8. The van der Waals surface area contributed by atoms with Crippen LogP contribution in [-0.4, -0.2) is 53.7 Å². The van der Waals surface area contributed by atoms with Crippen LogP contribution in [0.3, 0.4) is 0 Å². The van der Waals surface area contributed by atoms with Gasteiger partial charge in [0.15, 0.2) is 0 Å². The van der Waals surface area contributed by atoms with E-state index in [0.29, 0.717) is 19.4 Å². The maximum Gasteiger partial charge on any atom is 0.313 e. The normalized spacial score (nSPS) is 20.8. The lowest BCUT2D eigenvalue weighted by Gasteiger charge is -2.39. The zero-order chi connectivity index (χ0) is 18.0. The summed E-state index contributed by atoms with van der Waals surface area (Å²) in [6.45, 7) is 2.95. The molecule has 1 aliphatic rings. The molecule has 1 saturated heterocycles. The van der Waals surface area contributed by atoms with Crippen molar-refractivity contribution in [2.24, 2.45) is 5.41 Å². The third-order valence-corrected chi connectivity index (χ3v) is 5.16. The van der Waals surface area contributed by atoms with Crippen molar-refractivity contribution in [1.29, 1.82) is 0 Å². The minimum atomic E-state index is -1.00. The summed E-state index contributed by atoms with van der Waals surface area (Å²) in [5.74, 6) is -0.932. The summed E-state index contributed by atoms with van der Waals surface area (Å²) >= 11 is 0. The second kappa shape index (κ2) is 6.88. The molecule has 6 nitrogen and oxygen atoms in total. The number of aromatic nitrogens is 1. The van der Waals surface area contributed by atoms with Crippen molar-refractivity contribution in [3.05, 3.63) is 35.5 Å². The van der Waals surface area contributed by atoms with Gasteiger partial charge in [-0.1, -0.05) is 18.2 Å². The number of carboxylic acid groups (broad SMARTS) is 1. The van der Waals surface area contributed by atoms with Gasteiger partial charge in [-0.3, -0.25) is 9.59 Å². The van der Waals surface area contributed by atoms with Crippen LogP contribution in [0.5, 0.6) is 0 Å². The number of carbonyl (C=O) groups excluding carboxylic acids is 1. The number of aliphatic carboxylic acids is 1. The monoisotopic (exact) mass is 344 g/mol. The lowest BCUT2D eigenvalue weighted by molar-refractivity contribution is -0.159. The van der Waals surface area contributed by atoms with Gasteiger partial charge < -0.3 is 19.7 Å². The number of ether oxygens (including phenoxy) is 1. The van der Waals surface area contributed by atoms with E-state index in [-0.39, 0.29) is 25.5 Å². The molecule has 1 unspecified atom stereocenters. The molecule has 3 rings (SSSR count). The fourth-order valence-corrected chi connectivity index (χ4v) is 3.76. The van der Waals surface area contributed by atoms with Crippen molar-refractivity contribution in [2.45, 2.75) is 26.2 Å². The van der Waals surface area contributed by atoms with E-state index in [2.05, 4.69) is 4.98 Å². The minimum Gasteiger partial charge on any atom is -0.481 e. The highest BCUT2D eigenvalue weighted by molar-refractivity contribution is 5.90. The van der Waals surface area contributed by atoms with Crippen LogP contribution >= 0.6 is 0 Å². The quantitative estimate of drug-likeness (QED) is 0.872. The number of H-pyrrole nitrogens is 1. The van der Waals surface area contributed by atoms with Gasteiger partial charge in [-0.15, -0.1) is 0 Å². The van der Waals surface area contributed by atoms with E-state index in [1.807, 2.05) is 31.3 Å². The van der Waals surface area contributed by atoms with Crippen LogP contribution in [0.25, 0.3) is 10.9 Å². The van der Waals surface area contributed by atoms with Gasteiger partial charge in [0, 0.05) is 37.3 Å². The molecule has 0 saturated carbocycles. The molecule has 1 aliphatic heterocycles. The number of hydrogen-bond donors (Lipinski definition) is 2. The third kappa shape index (κ3) is 3.26. The topological polar surface area (TPSA) is 82.6 Å². The number of hydrogen-bond acceptors (Lipinski definition) is 3. The van der Waals surface area contributed by atoms with E-state index in [4.69, 9.17) is 4.74 Å². The minimum absolute atomic E-state index is 0.0381. The van der Waals surface area contributed by atoms with Crippen molar-refractivity contribution >= 4 is 22.8 Å². The number of aromatic amines is 1. The Bertz CT molecular complexity index is 794. The summed E-state index contributed by atoms with van der Waals surface area (Å²) in [5, 5.41) is 10.7. The third-order valence-electron chi connectivity index (χ3n) is 5.16. The molecule has 1 aromatic carbocycles. The molecule has 0 bridgehead atoms. The number of likely N-dealkylation sites (tertiary alicyclic amines) is 1. The van der Waals surface area contributed by atoms with Gasteiger partial charge in [0.1, 0.15) is 5.41 Å². The Morgan fingerprint density at radius 3 is 2.92 bits per heavy atom. The maximum absolute atomic E-state index is 12.8. The van der Waals surface area contributed by atoms with Crippen LogP contribution < -0.4 is 0 Å². The van der Waals surface area contributed by atoms with Crippen molar-refractivity contribution < 1.29 is 19.4 Å². The van der Waals surface area contributed by atoms with Crippen molar-refractivity contribution in [3.63, 3.8) is 0 Å². The Kier molecular flexibility index (Phi) is 4.81. The van der Waals surface area contributed by atoms with Gasteiger partial charge in [0.2, 0.25) is 5.91 Å². The standard InChI is InChI=1S/C19H24N2O4/c1-13-5-3-6-15-14(10-20-17(13)15)9-16(22)21-8-4-7-19(11-21,12-25-2)18(23)24/h3,5-6,10,20H,4,7-9,11-12H2,1-2H3,(H,23,24). The molecule has 1 amide bonds. The highest BCUT2D eigenvalue weighted by Gasteiger charge is 2.43. The Hall–Kier alpha value is -2.34. The highest BCUT2D eigenvalue weighted by atomic mass is 16.5. The second-order valence-corrected chi connectivity index (χ2v) is 6.93. The first-order chi connectivity index (χ1) is 12.0. The predicted molar refractivity (Wildman–Crippen MR) is 94.5 cm³/mol. The molecule has 0 spiro atoms. The average molecular weight is 344 g/mol. The number of benzene rings is 1. The number of methoxy groups -OCH3 is 1. The molecule has 2 heterocycles. The Morgan fingerprint density at radius 2 is 2.20 bits per heavy atom. The van der Waals surface area contributed by atoms with Gasteiger partial charge in [-0.05, 0) is 30.9 Å². The lowest BCUT2D eigenvalue weighted by Crippen LogP contribution is -2.52. The van der Waals surface area contributed by atoms with E-state index >= 15 is 0 Å². The van der Waals surface area contributed by atoms with Crippen molar-refractivity contribution in [3.8, 4) is 0 Å². The smallest absolute Gasteiger partial charge is 0.313 e. The number of rotatable bonds is 5. The molecule has 0 radical (unpaired) electrons. The fraction of sp³-hybridized carbons (Fsp3) is 0.474. The molecule has 2 N–H and O–H groups in total. The first kappa shape index (κ1) is 17.5. The summed E-state index contributed by atoms with van der Waals surface area (Å²) in [6, 6.07) is 6.01. The number of nitrogens with one attached hydrogen (secondary N) is 1. The predicted octanol–water partition coefficient (Wildman–Crippen LogP) is 2.36. The van der Waals surface area contributed by atoms with E-state index in [0.717, 1.165) is 22.0 Å². The first-order valence-corrected chi connectivity index (χ1v) is 8.52. The molecule has 1 aromatic heterocycles. The summed E-state index contributed by atoms with van der Waals surface area (Å²) in [7, 11) is 1.50. The zero-order valence-corrected chi connectivity index (χ0v) is 14.7. The number of fused-ring (bicyclic) bond motifs is 1. The number of piperidine rings is 1. The number of carboxylic acids is 1.